The Kier molecular flexibility index (Phi) is 4.59. The monoisotopic (exact) mass is 274 g/mol. The first-order valence-corrected chi connectivity index (χ1v) is 6.66. The second-order valence-corrected chi connectivity index (χ2v) is 4.98. The minimum atomic E-state index is -0.777. The van der Waals surface area contributed by atoms with Crippen molar-refractivity contribution in [2.75, 3.05) is 20.2 Å². The molecule has 0 saturated carbocycles. The number of likely N-dealkylation sites (tertiary alicyclic amines) is 1. The molecule has 2 rings (SSSR count). The fraction of sp³-hybridized carbons (Fsp3) is 0.467. The van der Waals surface area contributed by atoms with Crippen molar-refractivity contribution in [1.29, 1.82) is 5.26 Å². The molecule has 2 atom stereocenters. The van der Waals surface area contributed by atoms with Gasteiger partial charge in [0.25, 0.3) is 0 Å². The molecule has 106 valence electrons. The lowest BCUT2D eigenvalue weighted by Gasteiger charge is -2.33. The van der Waals surface area contributed by atoms with Gasteiger partial charge in [-0.3, -0.25) is 9.69 Å². The lowest BCUT2D eigenvalue weighted by molar-refractivity contribution is -0.143. The van der Waals surface area contributed by atoms with E-state index >= 15 is 0 Å². The van der Waals surface area contributed by atoms with E-state index in [2.05, 4.69) is 6.07 Å². The number of benzene rings is 1. The highest BCUT2D eigenvalue weighted by Crippen LogP contribution is 2.27. The van der Waals surface area contributed by atoms with Crippen LogP contribution < -0.4 is 4.74 Å². The van der Waals surface area contributed by atoms with E-state index in [0.717, 1.165) is 24.3 Å². The molecule has 5 nitrogen and oxygen atoms in total. The van der Waals surface area contributed by atoms with Crippen LogP contribution in [0.4, 0.5) is 0 Å². The summed E-state index contributed by atoms with van der Waals surface area (Å²) in [5, 5.41) is 18.5. The van der Waals surface area contributed by atoms with Crippen LogP contribution in [0.3, 0.4) is 0 Å². The Morgan fingerprint density at radius 1 is 1.50 bits per heavy atom. The average Bonchev–Trinajstić information content (AvgIpc) is 2.49. The number of rotatable bonds is 4. The number of nitriles is 1. The van der Waals surface area contributed by atoms with Crippen LogP contribution in [0, 0.1) is 17.2 Å². The van der Waals surface area contributed by atoms with Crippen molar-refractivity contribution >= 4 is 5.97 Å². The van der Waals surface area contributed by atoms with Gasteiger partial charge in [-0.05, 0) is 37.1 Å². The molecule has 0 amide bonds. The fourth-order valence-corrected chi connectivity index (χ4v) is 2.60. The first kappa shape index (κ1) is 14.4. The van der Waals surface area contributed by atoms with E-state index in [0.29, 0.717) is 13.0 Å². The number of piperidine rings is 1. The van der Waals surface area contributed by atoms with Crippen LogP contribution >= 0.6 is 0 Å². The number of nitrogens with zero attached hydrogens (tertiary/aromatic N) is 2. The highest BCUT2D eigenvalue weighted by molar-refractivity contribution is 5.70. The zero-order chi connectivity index (χ0) is 14.5. The zero-order valence-corrected chi connectivity index (χ0v) is 11.5. The van der Waals surface area contributed by atoms with Gasteiger partial charge in [-0.2, -0.15) is 5.26 Å². The summed E-state index contributed by atoms with van der Waals surface area (Å²) < 4.78 is 5.10. The summed E-state index contributed by atoms with van der Waals surface area (Å²) in [5.41, 5.74) is 0.874. The topological polar surface area (TPSA) is 73.6 Å². The normalized spacial score (nSPS) is 20.9. The van der Waals surface area contributed by atoms with Gasteiger partial charge in [0.15, 0.2) is 0 Å². The first-order valence-electron chi connectivity index (χ1n) is 6.66. The number of carbonyl (C=O) groups is 1. The van der Waals surface area contributed by atoms with Gasteiger partial charge in [0, 0.05) is 6.54 Å². The van der Waals surface area contributed by atoms with Crippen molar-refractivity contribution in [2.24, 2.45) is 5.92 Å². The minimum absolute atomic E-state index is 0.377. The maximum Gasteiger partial charge on any atom is 0.307 e. The van der Waals surface area contributed by atoms with Crippen molar-refractivity contribution in [3.05, 3.63) is 29.8 Å². The number of hydrogen-bond acceptors (Lipinski definition) is 4. The summed E-state index contributed by atoms with van der Waals surface area (Å²) in [5.74, 6) is -0.411. The van der Waals surface area contributed by atoms with E-state index < -0.39 is 12.0 Å². The second-order valence-electron chi connectivity index (χ2n) is 4.98. The van der Waals surface area contributed by atoms with E-state index in [1.807, 2.05) is 29.2 Å². The molecule has 5 heteroatoms. The quantitative estimate of drug-likeness (QED) is 0.909. The van der Waals surface area contributed by atoms with Crippen LogP contribution in [0.15, 0.2) is 24.3 Å². The summed E-state index contributed by atoms with van der Waals surface area (Å²) in [6.07, 6.45) is 1.50. The van der Waals surface area contributed by atoms with E-state index in [4.69, 9.17) is 9.84 Å². The van der Waals surface area contributed by atoms with Gasteiger partial charge >= 0.3 is 5.97 Å². The predicted molar refractivity (Wildman–Crippen MR) is 73.3 cm³/mol. The molecule has 0 aromatic heterocycles. The predicted octanol–water partition coefficient (Wildman–Crippen LogP) is 2.06. The summed E-state index contributed by atoms with van der Waals surface area (Å²) in [6.45, 7) is 1.19. The maximum atomic E-state index is 11.1. The molecule has 2 unspecified atom stereocenters. The Morgan fingerprint density at radius 3 is 2.75 bits per heavy atom. The SMILES string of the molecule is COc1ccc(C(C#N)N2CCCC(C(=O)O)C2)cc1. The Labute approximate surface area is 118 Å². The van der Waals surface area contributed by atoms with Crippen LogP contribution in [0.1, 0.15) is 24.4 Å². The second kappa shape index (κ2) is 6.40. The number of carboxylic acid groups (broad SMARTS) is 1. The smallest absolute Gasteiger partial charge is 0.307 e. The molecule has 1 aromatic carbocycles. The summed E-state index contributed by atoms with van der Waals surface area (Å²) >= 11 is 0. The molecule has 1 heterocycles. The van der Waals surface area contributed by atoms with Gasteiger partial charge in [0.1, 0.15) is 11.8 Å². The molecule has 1 aliphatic rings. The number of hydrogen-bond donors (Lipinski definition) is 1. The molecule has 1 fully saturated rings. The van der Waals surface area contributed by atoms with Crippen molar-refractivity contribution in [1.82, 2.24) is 4.90 Å². The highest BCUT2D eigenvalue weighted by Gasteiger charge is 2.30. The molecule has 1 saturated heterocycles. The Balaban J connectivity index is 2.14. The van der Waals surface area contributed by atoms with Crippen LogP contribution in [0.2, 0.25) is 0 Å². The lowest BCUT2D eigenvalue weighted by Crippen LogP contribution is -2.40. The van der Waals surface area contributed by atoms with E-state index in [9.17, 15) is 10.1 Å². The number of ether oxygens (including phenoxy) is 1. The number of aliphatic carboxylic acids is 1. The van der Waals surface area contributed by atoms with Crippen molar-refractivity contribution in [2.45, 2.75) is 18.9 Å². The van der Waals surface area contributed by atoms with Crippen molar-refractivity contribution < 1.29 is 14.6 Å². The molecular weight excluding hydrogens is 256 g/mol. The van der Waals surface area contributed by atoms with E-state index in [-0.39, 0.29) is 5.92 Å². The van der Waals surface area contributed by atoms with Crippen LogP contribution in [0.25, 0.3) is 0 Å². The van der Waals surface area contributed by atoms with Crippen LogP contribution in [-0.4, -0.2) is 36.2 Å². The maximum absolute atomic E-state index is 11.1. The third-order valence-electron chi connectivity index (χ3n) is 3.72. The molecule has 0 radical (unpaired) electrons. The van der Waals surface area contributed by atoms with Gasteiger partial charge in [-0.25, -0.2) is 0 Å². The molecule has 1 aliphatic heterocycles. The van der Waals surface area contributed by atoms with E-state index in [1.165, 1.54) is 0 Å². The van der Waals surface area contributed by atoms with Gasteiger partial charge in [0.05, 0.1) is 19.1 Å². The molecule has 0 aliphatic carbocycles. The standard InChI is InChI=1S/C15H18N2O3/c1-20-13-6-4-11(5-7-13)14(9-16)17-8-2-3-12(10-17)15(18)19/h4-7,12,14H,2-3,8,10H2,1H3,(H,18,19). The largest absolute Gasteiger partial charge is 0.497 e. The third kappa shape index (κ3) is 3.09. The summed E-state index contributed by atoms with van der Waals surface area (Å²) in [4.78, 5) is 13.1. The molecule has 0 bridgehead atoms. The fourth-order valence-electron chi connectivity index (χ4n) is 2.60. The highest BCUT2D eigenvalue weighted by atomic mass is 16.5. The first-order chi connectivity index (χ1) is 9.65. The van der Waals surface area contributed by atoms with Gasteiger partial charge < -0.3 is 9.84 Å². The van der Waals surface area contributed by atoms with Crippen LogP contribution in [-0.2, 0) is 4.79 Å². The molecule has 20 heavy (non-hydrogen) atoms. The lowest BCUT2D eigenvalue weighted by atomic mass is 9.95. The Hall–Kier alpha value is -2.06. The van der Waals surface area contributed by atoms with Gasteiger partial charge in [-0.15, -0.1) is 0 Å². The zero-order valence-electron chi connectivity index (χ0n) is 11.5. The average molecular weight is 274 g/mol. The number of methoxy groups -OCH3 is 1. The van der Waals surface area contributed by atoms with E-state index in [1.54, 1.807) is 7.11 Å². The van der Waals surface area contributed by atoms with Crippen molar-refractivity contribution in [3.63, 3.8) is 0 Å². The summed E-state index contributed by atoms with van der Waals surface area (Å²) in [7, 11) is 1.60. The molecular formula is C15H18N2O3. The molecule has 1 N–H and O–H groups in total. The molecule has 0 spiro atoms. The third-order valence-corrected chi connectivity index (χ3v) is 3.72. The van der Waals surface area contributed by atoms with Gasteiger partial charge in [0.2, 0.25) is 0 Å². The Bertz CT molecular complexity index is 507. The van der Waals surface area contributed by atoms with Gasteiger partial charge in [-0.1, -0.05) is 12.1 Å². The number of carboxylic acids is 1. The van der Waals surface area contributed by atoms with Crippen molar-refractivity contribution in [3.8, 4) is 11.8 Å². The molecule has 1 aromatic rings. The Morgan fingerprint density at radius 2 is 2.20 bits per heavy atom. The summed E-state index contributed by atoms with van der Waals surface area (Å²) in [6, 6.07) is 9.23. The van der Waals surface area contributed by atoms with Crippen LogP contribution in [0.5, 0.6) is 5.75 Å². The minimum Gasteiger partial charge on any atom is -0.497 e.